The van der Waals surface area contributed by atoms with Gasteiger partial charge in [0.1, 0.15) is 24.2 Å². The Labute approximate surface area is 179 Å². The van der Waals surface area contributed by atoms with Gasteiger partial charge in [0.25, 0.3) is 0 Å². The van der Waals surface area contributed by atoms with Crippen LogP contribution in [-0.4, -0.2) is 87.3 Å². The van der Waals surface area contributed by atoms with E-state index in [2.05, 4.69) is 16.0 Å². The molecule has 0 aromatic carbocycles. The maximum Gasteiger partial charge on any atom is 0.315 e. The number of Topliss-reactive ketones (excluding diaryl/α,β-unsaturated/α-hetero) is 1. The van der Waals surface area contributed by atoms with E-state index in [1.54, 1.807) is 0 Å². The molecule has 3 aliphatic rings. The van der Waals surface area contributed by atoms with Crippen LogP contribution in [0.3, 0.4) is 0 Å². The number of aliphatic hydroxyl groups is 3. The number of rotatable bonds is 9. The summed E-state index contributed by atoms with van der Waals surface area (Å²) in [6.07, 6.45) is -2.02. The van der Waals surface area contributed by atoms with Gasteiger partial charge < -0.3 is 40.8 Å². The van der Waals surface area contributed by atoms with Crippen molar-refractivity contribution in [2.75, 3.05) is 12.4 Å². The van der Waals surface area contributed by atoms with Gasteiger partial charge in [0.05, 0.1) is 24.8 Å². The third-order valence-corrected chi connectivity index (χ3v) is 7.48. The van der Waals surface area contributed by atoms with Crippen molar-refractivity contribution < 1.29 is 34.4 Å². The first-order valence-electron chi connectivity index (χ1n) is 10.4. The van der Waals surface area contributed by atoms with Crippen molar-refractivity contribution >= 4 is 29.5 Å². The second kappa shape index (κ2) is 10.3. The van der Waals surface area contributed by atoms with E-state index in [-0.39, 0.29) is 42.6 Å². The van der Waals surface area contributed by atoms with Crippen LogP contribution in [0.5, 0.6) is 0 Å². The fourth-order valence-electron chi connectivity index (χ4n) is 4.38. The smallest absolute Gasteiger partial charge is 0.315 e. The van der Waals surface area contributed by atoms with Crippen molar-refractivity contribution in [3.8, 4) is 0 Å². The highest BCUT2D eigenvalue weighted by molar-refractivity contribution is 8.00. The molecule has 0 saturated carbocycles. The van der Waals surface area contributed by atoms with Crippen molar-refractivity contribution in [2.24, 2.45) is 5.92 Å². The molecule has 6 N–H and O–H groups in total. The number of nitrogens with one attached hydrogen (secondary N) is 3. The molecule has 3 rings (SSSR count). The lowest BCUT2D eigenvalue weighted by atomic mass is 9.86. The van der Waals surface area contributed by atoms with E-state index in [4.69, 9.17) is 4.74 Å². The quantitative estimate of drug-likeness (QED) is 0.192. The summed E-state index contributed by atoms with van der Waals surface area (Å²) < 4.78 is 5.55. The average molecular weight is 446 g/mol. The van der Waals surface area contributed by atoms with Crippen molar-refractivity contribution in [3.63, 3.8) is 0 Å². The molecule has 0 unspecified atom stereocenters. The minimum atomic E-state index is -1.33. The van der Waals surface area contributed by atoms with Gasteiger partial charge in [0.15, 0.2) is 0 Å². The fourth-order valence-corrected chi connectivity index (χ4v) is 5.92. The molecule has 0 radical (unpaired) electrons. The lowest BCUT2D eigenvalue weighted by Gasteiger charge is -2.42. The van der Waals surface area contributed by atoms with E-state index < -0.39 is 37.1 Å². The largest absolute Gasteiger partial charge is 0.394 e. The molecule has 11 heteroatoms. The third-order valence-electron chi connectivity index (χ3n) is 5.97. The van der Waals surface area contributed by atoms with E-state index in [0.717, 1.165) is 18.6 Å². The van der Waals surface area contributed by atoms with E-state index in [9.17, 15) is 29.7 Å². The number of amides is 3. The Balaban J connectivity index is 1.44. The lowest BCUT2D eigenvalue weighted by Crippen LogP contribution is -2.60. The summed E-state index contributed by atoms with van der Waals surface area (Å²) in [5.41, 5.74) is 0. The fraction of sp³-hybridized carbons (Fsp3) is 0.842. The predicted molar refractivity (Wildman–Crippen MR) is 109 cm³/mol. The van der Waals surface area contributed by atoms with Crippen LogP contribution in [0.15, 0.2) is 0 Å². The zero-order valence-electron chi connectivity index (χ0n) is 17.0. The Bertz CT molecular complexity index is 652. The summed E-state index contributed by atoms with van der Waals surface area (Å²) in [5.74, 6) is -0.362. The van der Waals surface area contributed by atoms with Gasteiger partial charge in [-0.3, -0.25) is 4.79 Å². The number of fused-ring (bicyclic) bond motifs is 1. The molecule has 3 heterocycles. The first-order chi connectivity index (χ1) is 14.3. The molecule has 0 aromatic rings. The number of unbranched alkanes of at least 4 members (excludes halogenated alkanes) is 1. The topological polar surface area (TPSA) is 157 Å². The van der Waals surface area contributed by atoms with E-state index >= 15 is 0 Å². The summed E-state index contributed by atoms with van der Waals surface area (Å²) in [4.78, 5) is 35.4. The Morgan fingerprint density at radius 1 is 1.23 bits per heavy atom. The Morgan fingerprint density at radius 2 is 2.00 bits per heavy atom. The number of hydrogen-bond acceptors (Lipinski definition) is 8. The van der Waals surface area contributed by atoms with E-state index in [1.165, 1.54) is 6.92 Å². The second-order valence-corrected chi connectivity index (χ2v) is 9.54. The highest BCUT2D eigenvalue weighted by Gasteiger charge is 2.45. The van der Waals surface area contributed by atoms with Crippen LogP contribution in [0.25, 0.3) is 0 Å². The molecule has 0 spiro atoms. The molecule has 3 fully saturated rings. The zero-order valence-corrected chi connectivity index (χ0v) is 17.8. The number of hydrogen-bond donors (Lipinski definition) is 6. The first-order valence-corrected chi connectivity index (χ1v) is 11.4. The van der Waals surface area contributed by atoms with Gasteiger partial charge in [0.2, 0.25) is 5.91 Å². The number of urea groups is 1. The molecular formula is C19H31N3O7S. The number of ether oxygens (including phenoxy) is 1. The Morgan fingerprint density at radius 3 is 2.70 bits per heavy atom. The van der Waals surface area contributed by atoms with Gasteiger partial charge in [-0.1, -0.05) is 6.42 Å². The highest BCUT2D eigenvalue weighted by Crippen LogP contribution is 2.33. The van der Waals surface area contributed by atoms with Gasteiger partial charge >= 0.3 is 6.03 Å². The van der Waals surface area contributed by atoms with Crippen molar-refractivity contribution in [2.45, 2.75) is 80.9 Å². The molecule has 170 valence electrons. The number of aliphatic hydroxyl groups excluding tert-OH is 3. The number of carbonyl (C=O) groups excluding carboxylic acids is 3. The zero-order chi connectivity index (χ0) is 21.8. The third kappa shape index (κ3) is 5.44. The summed E-state index contributed by atoms with van der Waals surface area (Å²) in [5, 5.41) is 38.6. The van der Waals surface area contributed by atoms with Crippen LogP contribution < -0.4 is 16.0 Å². The maximum absolute atomic E-state index is 12.4. The van der Waals surface area contributed by atoms with Crippen LogP contribution in [0, 0.1) is 5.92 Å². The minimum Gasteiger partial charge on any atom is -0.394 e. The van der Waals surface area contributed by atoms with Crippen LogP contribution in [0.2, 0.25) is 0 Å². The van der Waals surface area contributed by atoms with Gasteiger partial charge in [-0.25, -0.2) is 4.79 Å². The molecule has 3 amide bonds. The summed E-state index contributed by atoms with van der Waals surface area (Å²) in [6, 6.07) is 0.206. The molecule has 0 bridgehead atoms. The van der Waals surface area contributed by atoms with Crippen LogP contribution in [0.1, 0.15) is 39.0 Å². The molecule has 3 aliphatic heterocycles. The SMILES string of the molecule is CC(=O)C[C@H]1[C@@H](O)[C@H](O)[C@H](CO)O[C@H]1NC(=O)CCCC[C@@H]1SC[C@@H]2NC(=O)N[C@@H]21. The minimum absolute atomic E-state index is 0.0530. The predicted octanol–water partition coefficient (Wildman–Crippen LogP) is -1.14. The van der Waals surface area contributed by atoms with Crippen LogP contribution >= 0.6 is 11.8 Å². The molecular weight excluding hydrogens is 414 g/mol. The van der Waals surface area contributed by atoms with E-state index in [1.807, 2.05) is 11.8 Å². The normalized spacial score (nSPS) is 37.9. The van der Waals surface area contributed by atoms with Gasteiger partial charge in [-0.05, 0) is 19.8 Å². The molecule has 3 saturated heterocycles. The second-order valence-electron chi connectivity index (χ2n) is 8.26. The summed E-state index contributed by atoms with van der Waals surface area (Å²) >= 11 is 1.83. The molecule has 30 heavy (non-hydrogen) atoms. The monoisotopic (exact) mass is 445 g/mol. The summed E-state index contributed by atoms with van der Waals surface area (Å²) in [7, 11) is 0. The molecule has 0 aromatic heterocycles. The first kappa shape index (κ1) is 23.3. The number of carbonyl (C=O) groups is 3. The molecule has 8 atom stereocenters. The van der Waals surface area contributed by atoms with E-state index in [0.29, 0.717) is 11.7 Å². The highest BCUT2D eigenvalue weighted by atomic mass is 32.2. The van der Waals surface area contributed by atoms with Crippen molar-refractivity contribution in [3.05, 3.63) is 0 Å². The lowest BCUT2D eigenvalue weighted by molar-refractivity contribution is -0.217. The Kier molecular flexibility index (Phi) is 7.97. The number of thioether (sulfide) groups is 1. The number of ketones is 1. The molecule has 10 nitrogen and oxygen atoms in total. The average Bonchev–Trinajstić information content (AvgIpc) is 3.23. The molecule has 0 aliphatic carbocycles. The standard InChI is InChI=1S/C19H31N3O7S/c1-9(24)6-10-16(26)17(27)12(7-23)29-18(10)21-14(25)5-3-2-4-13-15-11(8-30-13)20-19(28)22-15/h10-13,15-18,23,26-27H,2-8H2,1H3,(H,21,25)(H2,20,22,28)/t10-,11-,12-,13-,15-,16+,17+,18+/m0/s1. The summed E-state index contributed by atoms with van der Waals surface area (Å²) in [6.45, 7) is 0.855. The van der Waals surface area contributed by atoms with Gasteiger partial charge in [0, 0.05) is 29.8 Å². The maximum atomic E-state index is 12.4. The Hall–Kier alpha value is -1.40. The van der Waals surface area contributed by atoms with Gasteiger partial charge in [-0.2, -0.15) is 11.8 Å². The van der Waals surface area contributed by atoms with Crippen LogP contribution in [-0.2, 0) is 14.3 Å². The van der Waals surface area contributed by atoms with Gasteiger partial charge in [-0.15, -0.1) is 0 Å². The van der Waals surface area contributed by atoms with Crippen molar-refractivity contribution in [1.82, 2.24) is 16.0 Å². The van der Waals surface area contributed by atoms with Crippen molar-refractivity contribution in [1.29, 1.82) is 0 Å². The van der Waals surface area contributed by atoms with Crippen LogP contribution in [0.4, 0.5) is 4.79 Å².